The van der Waals surface area contributed by atoms with Crippen molar-refractivity contribution in [3.63, 3.8) is 0 Å². The number of ether oxygens (including phenoxy) is 2. The first-order valence-electron chi connectivity index (χ1n) is 5.15. The van der Waals surface area contributed by atoms with E-state index in [1.54, 1.807) is 0 Å². The third-order valence-corrected chi connectivity index (χ3v) is 2.15. The van der Waals surface area contributed by atoms with E-state index >= 15 is 0 Å². The van der Waals surface area contributed by atoms with Crippen LogP contribution in [-0.4, -0.2) is 26.4 Å². The molecular formula is C10H20MnO2. The first-order chi connectivity index (χ1) is 6.00. The van der Waals surface area contributed by atoms with Crippen LogP contribution in [-0.2, 0) is 26.5 Å². The minimum atomic E-state index is 0. The summed E-state index contributed by atoms with van der Waals surface area (Å²) < 4.78 is 10.1. The zero-order valence-corrected chi connectivity index (χ0v) is 9.45. The summed E-state index contributed by atoms with van der Waals surface area (Å²) in [6, 6.07) is 0. The summed E-state index contributed by atoms with van der Waals surface area (Å²) >= 11 is 0. The number of hydrogen-bond acceptors (Lipinski definition) is 2. The second-order valence-corrected chi connectivity index (χ2v) is 3.35. The first kappa shape index (κ1) is 13.4. The topological polar surface area (TPSA) is 18.5 Å². The maximum atomic E-state index is 5.07. The zero-order valence-electron chi connectivity index (χ0n) is 8.27. The van der Waals surface area contributed by atoms with Crippen LogP contribution in [0.1, 0.15) is 38.5 Å². The van der Waals surface area contributed by atoms with E-state index in [1.165, 1.54) is 38.5 Å². The van der Waals surface area contributed by atoms with Gasteiger partial charge in [0.1, 0.15) is 0 Å². The Morgan fingerprint density at radius 1 is 0.462 bits per heavy atom. The molecule has 0 N–H and O–H groups in total. The molecule has 0 bridgehead atoms. The molecular weight excluding hydrogens is 207 g/mol. The molecule has 2 nitrogen and oxygen atoms in total. The van der Waals surface area contributed by atoms with E-state index in [0.29, 0.717) is 0 Å². The third kappa shape index (κ3) is 8.76. The van der Waals surface area contributed by atoms with E-state index in [1.807, 2.05) is 0 Å². The van der Waals surface area contributed by atoms with E-state index in [-0.39, 0.29) is 17.1 Å². The van der Waals surface area contributed by atoms with Crippen molar-refractivity contribution < 1.29 is 26.5 Å². The Morgan fingerprint density at radius 3 is 0.846 bits per heavy atom. The Kier molecular flexibility index (Phi) is 10.9. The molecule has 1 radical (unpaired) electrons. The molecule has 2 aliphatic rings. The normalized spacial score (nSPS) is 22.2. The van der Waals surface area contributed by atoms with Gasteiger partial charge in [0.15, 0.2) is 0 Å². The van der Waals surface area contributed by atoms with Crippen molar-refractivity contribution in [2.75, 3.05) is 26.4 Å². The summed E-state index contributed by atoms with van der Waals surface area (Å²) in [5.74, 6) is 0. The van der Waals surface area contributed by atoms with Crippen LogP contribution in [0.2, 0.25) is 0 Å². The summed E-state index contributed by atoms with van der Waals surface area (Å²) in [5.41, 5.74) is 0. The molecule has 2 fully saturated rings. The molecule has 0 aliphatic carbocycles. The van der Waals surface area contributed by atoms with Gasteiger partial charge in [0.05, 0.1) is 0 Å². The fourth-order valence-corrected chi connectivity index (χ4v) is 1.37. The van der Waals surface area contributed by atoms with Crippen LogP contribution >= 0.6 is 0 Å². The summed E-state index contributed by atoms with van der Waals surface area (Å²) in [7, 11) is 0. The van der Waals surface area contributed by atoms with E-state index in [0.717, 1.165) is 26.4 Å². The molecule has 0 aromatic heterocycles. The molecule has 0 atom stereocenters. The van der Waals surface area contributed by atoms with Gasteiger partial charge in [-0.2, -0.15) is 0 Å². The summed E-state index contributed by atoms with van der Waals surface area (Å²) in [6.07, 6.45) is 7.86. The molecule has 0 spiro atoms. The first-order valence-corrected chi connectivity index (χ1v) is 5.15. The van der Waals surface area contributed by atoms with E-state index in [2.05, 4.69) is 0 Å². The van der Waals surface area contributed by atoms with E-state index in [9.17, 15) is 0 Å². The van der Waals surface area contributed by atoms with Crippen molar-refractivity contribution in [1.29, 1.82) is 0 Å². The summed E-state index contributed by atoms with van der Waals surface area (Å²) in [4.78, 5) is 0. The molecule has 2 saturated heterocycles. The fourth-order valence-electron chi connectivity index (χ4n) is 1.37. The molecule has 2 aliphatic heterocycles. The maximum absolute atomic E-state index is 5.07. The smallest absolute Gasteiger partial charge is 0.0466 e. The van der Waals surface area contributed by atoms with Crippen LogP contribution in [0.25, 0.3) is 0 Å². The fraction of sp³-hybridized carbons (Fsp3) is 1.00. The summed E-state index contributed by atoms with van der Waals surface area (Å²) in [5, 5.41) is 0. The van der Waals surface area contributed by atoms with E-state index < -0.39 is 0 Å². The Balaban J connectivity index is 0.000000206. The predicted octanol–water partition coefficient (Wildman–Crippen LogP) is 2.37. The van der Waals surface area contributed by atoms with E-state index in [4.69, 9.17) is 9.47 Å². The monoisotopic (exact) mass is 227 g/mol. The minimum Gasteiger partial charge on any atom is -0.381 e. The van der Waals surface area contributed by atoms with Crippen molar-refractivity contribution in [1.82, 2.24) is 0 Å². The van der Waals surface area contributed by atoms with Gasteiger partial charge in [-0.05, 0) is 38.5 Å². The molecule has 0 aromatic carbocycles. The van der Waals surface area contributed by atoms with Crippen LogP contribution in [0, 0.1) is 0 Å². The number of rotatable bonds is 0. The van der Waals surface area contributed by atoms with Crippen LogP contribution < -0.4 is 0 Å². The van der Waals surface area contributed by atoms with Gasteiger partial charge in [-0.1, -0.05) is 0 Å². The van der Waals surface area contributed by atoms with Gasteiger partial charge >= 0.3 is 0 Å². The number of hydrogen-bond donors (Lipinski definition) is 0. The minimum absolute atomic E-state index is 0. The molecule has 3 heteroatoms. The second-order valence-electron chi connectivity index (χ2n) is 3.35. The largest absolute Gasteiger partial charge is 0.381 e. The van der Waals surface area contributed by atoms with Gasteiger partial charge in [0.2, 0.25) is 0 Å². The van der Waals surface area contributed by atoms with Crippen molar-refractivity contribution in [2.24, 2.45) is 0 Å². The van der Waals surface area contributed by atoms with Gasteiger partial charge in [-0.25, -0.2) is 0 Å². The zero-order chi connectivity index (χ0) is 8.49. The van der Waals surface area contributed by atoms with Crippen LogP contribution in [0.4, 0.5) is 0 Å². The third-order valence-electron chi connectivity index (χ3n) is 2.15. The van der Waals surface area contributed by atoms with Crippen LogP contribution in [0.3, 0.4) is 0 Å². The van der Waals surface area contributed by atoms with Crippen LogP contribution in [0.15, 0.2) is 0 Å². The quantitative estimate of drug-likeness (QED) is 0.591. The average Bonchev–Trinajstić information content (AvgIpc) is 2.24. The second kappa shape index (κ2) is 10.5. The van der Waals surface area contributed by atoms with Gasteiger partial charge in [-0.3, -0.25) is 0 Å². The summed E-state index contributed by atoms with van der Waals surface area (Å²) in [6.45, 7) is 4.00. The SMILES string of the molecule is C1CCOCC1.C1CCOCC1.[Mn]. The average molecular weight is 227 g/mol. The molecule has 0 unspecified atom stereocenters. The Morgan fingerprint density at radius 2 is 0.769 bits per heavy atom. The molecule has 0 saturated carbocycles. The predicted molar refractivity (Wildman–Crippen MR) is 49.3 cm³/mol. The van der Waals surface area contributed by atoms with Gasteiger partial charge in [0.25, 0.3) is 0 Å². The molecule has 2 heterocycles. The van der Waals surface area contributed by atoms with Crippen molar-refractivity contribution in [3.8, 4) is 0 Å². The Hall–Kier alpha value is 0.439. The van der Waals surface area contributed by atoms with Gasteiger partial charge in [0, 0.05) is 43.5 Å². The molecule has 0 amide bonds. The molecule has 2 rings (SSSR count). The van der Waals surface area contributed by atoms with Crippen LogP contribution in [0.5, 0.6) is 0 Å². The molecule has 13 heavy (non-hydrogen) atoms. The molecule has 0 aromatic rings. The Bertz CT molecular complexity index is 55.9. The standard InChI is InChI=1S/2C5H10O.Mn/c2*1-2-4-6-5-3-1;/h2*1-5H2;. The molecule has 79 valence electrons. The van der Waals surface area contributed by atoms with Crippen molar-refractivity contribution >= 4 is 0 Å². The Labute approximate surface area is 91.8 Å². The maximum Gasteiger partial charge on any atom is 0.0466 e. The van der Waals surface area contributed by atoms with Crippen molar-refractivity contribution in [3.05, 3.63) is 0 Å². The van der Waals surface area contributed by atoms with Crippen molar-refractivity contribution in [2.45, 2.75) is 38.5 Å². The van der Waals surface area contributed by atoms with Gasteiger partial charge in [-0.15, -0.1) is 0 Å². The van der Waals surface area contributed by atoms with Gasteiger partial charge < -0.3 is 9.47 Å².